The average molecular weight is 239 g/mol. The van der Waals surface area contributed by atoms with Gasteiger partial charge in [-0.3, -0.25) is 9.59 Å². The standard InChI is InChI=1S/C10H13N3O2S/c1-2-3-7(4-11)9(14)12-5-8-6-16-10(15)13-8/h6-7H,2-3,5H2,1H3,(H,12,14)(H,13,15). The van der Waals surface area contributed by atoms with E-state index in [-0.39, 0.29) is 17.3 Å². The molecule has 5 nitrogen and oxygen atoms in total. The van der Waals surface area contributed by atoms with Gasteiger partial charge in [-0.05, 0) is 6.42 Å². The zero-order valence-corrected chi connectivity index (χ0v) is 9.76. The summed E-state index contributed by atoms with van der Waals surface area (Å²) in [6.45, 7) is 2.19. The maximum Gasteiger partial charge on any atom is 0.304 e. The van der Waals surface area contributed by atoms with Gasteiger partial charge in [0.15, 0.2) is 0 Å². The molecule has 0 saturated heterocycles. The predicted molar refractivity (Wildman–Crippen MR) is 60.8 cm³/mol. The molecule has 1 atom stereocenters. The molecule has 86 valence electrons. The Morgan fingerprint density at radius 1 is 1.75 bits per heavy atom. The molecule has 0 aromatic carbocycles. The smallest absolute Gasteiger partial charge is 0.304 e. The number of nitrogens with zero attached hydrogens (tertiary/aromatic N) is 1. The Kier molecular flexibility index (Phi) is 4.73. The van der Waals surface area contributed by atoms with Crippen LogP contribution in [-0.4, -0.2) is 10.9 Å². The summed E-state index contributed by atoms with van der Waals surface area (Å²) in [5.41, 5.74) is 0.663. The summed E-state index contributed by atoms with van der Waals surface area (Å²) >= 11 is 1.05. The summed E-state index contributed by atoms with van der Waals surface area (Å²) in [6.07, 6.45) is 1.35. The molecule has 1 amide bonds. The van der Waals surface area contributed by atoms with Gasteiger partial charge in [0.25, 0.3) is 0 Å². The van der Waals surface area contributed by atoms with Crippen molar-refractivity contribution in [2.75, 3.05) is 0 Å². The van der Waals surface area contributed by atoms with E-state index in [1.807, 2.05) is 13.0 Å². The third kappa shape index (κ3) is 3.51. The molecule has 1 heterocycles. The van der Waals surface area contributed by atoms with Gasteiger partial charge in [-0.1, -0.05) is 24.7 Å². The molecule has 2 N–H and O–H groups in total. The molecule has 0 fully saturated rings. The van der Waals surface area contributed by atoms with Crippen molar-refractivity contribution in [1.29, 1.82) is 5.26 Å². The SMILES string of the molecule is CCCC(C#N)C(=O)NCc1csc(=O)[nH]1. The van der Waals surface area contributed by atoms with Crippen LogP contribution >= 0.6 is 11.3 Å². The van der Waals surface area contributed by atoms with Crippen LogP contribution in [0.1, 0.15) is 25.5 Å². The molecule has 0 spiro atoms. The average Bonchev–Trinajstić information content (AvgIpc) is 2.68. The quantitative estimate of drug-likeness (QED) is 0.803. The second kappa shape index (κ2) is 6.08. The van der Waals surface area contributed by atoms with Crippen molar-refractivity contribution in [3.05, 3.63) is 20.7 Å². The minimum absolute atomic E-state index is 0.144. The lowest BCUT2D eigenvalue weighted by molar-refractivity contribution is -0.123. The lowest BCUT2D eigenvalue weighted by Gasteiger charge is -2.07. The number of carbonyl (C=O) groups excluding carboxylic acids is 1. The van der Waals surface area contributed by atoms with E-state index in [1.165, 1.54) is 0 Å². The molecule has 6 heteroatoms. The Bertz CT molecular complexity index is 443. The normalized spacial score (nSPS) is 11.8. The molecule has 1 rings (SSSR count). The first-order valence-corrected chi connectivity index (χ1v) is 5.89. The fraction of sp³-hybridized carbons (Fsp3) is 0.500. The fourth-order valence-electron chi connectivity index (χ4n) is 1.25. The largest absolute Gasteiger partial charge is 0.349 e. The number of amides is 1. The number of thiazole rings is 1. The van der Waals surface area contributed by atoms with E-state index in [1.54, 1.807) is 5.38 Å². The Morgan fingerprint density at radius 2 is 2.50 bits per heavy atom. The Hall–Kier alpha value is -1.61. The highest BCUT2D eigenvalue weighted by Crippen LogP contribution is 2.05. The van der Waals surface area contributed by atoms with E-state index in [2.05, 4.69) is 10.3 Å². The molecule has 1 unspecified atom stereocenters. The van der Waals surface area contributed by atoms with Gasteiger partial charge in [0.1, 0.15) is 5.92 Å². The van der Waals surface area contributed by atoms with Gasteiger partial charge < -0.3 is 10.3 Å². The van der Waals surface area contributed by atoms with E-state index in [0.717, 1.165) is 17.8 Å². The first-order valence-electron chi connectivity index (χ1n) is 5.01. The summed E-state index contributed by atoms with van der Waals surface area (Å²) in [4.78, 5) is 24.8. The molecule has 0 aliphatic carbocycles. The third-order valence-corrected chi connectivity index (χ3v) is 2.79. The highest BCUT2D eigenvalue weighted by atomic mass is 32.1. The number of nitriles is 1. The van der Waals surface area contributed by atoms with Crippen LogP contribution in [0, 0.1) is 17.2 Å². The van der Waals surface area contributed by atoms with Crippen molar-refractivity contribution >= 4 is 17.2 Å². The van der Waals surface area contributed by atoms with Crippen molar-refractivity contribution in [2.24, 2.45) is 5.92 Å². The van der Waals surface area contributed by atoms with Gasteiger partial charge in [-0.25, -0.2) is 0 Å². The minimum Gasteiger partial charge on any atom is -0.349 e. The van der Waals surface area contributed by atoms with Crippen molar-refractivity contribution in [3.8, 4) is 6.07 Å². The van der Waals surface area contributed by atoms with Crippen LogP contribution in [0.15, 0.2) is 10.2 Å². The second-order valence-corrected chi connectivity index (χ2v) is 4.20. The minimum atomic E-state index is -0.602. The molecule has 0 bridgehead atoms. The maximum atomic E-state index is 11.5. The molecule has 0 aliphatic rings. The molecule has 0 aliphatic heterocycles. The summed E-state index contributed by atoms with van der Waals surface area (Å²) < 4.78 is 0. The van der Waals surface area contributed by atoms with Crippen LogP contribution in [0.4, 0.5) is 0 Å². The molecule has 16 heavy (non-hydrogen) atoms. The van der Waals surface area contributed by atoms with Gasteiger partial charge in [-0.15, -0.1) is 0 Å². The predicted octanol–water partition coefficient (Wildman–Crippen LogP) is 0.992. The number of hydrogen-bond acceptors (Lipinski definition) is 4. The molecule has 0 radical (unpaired) electrons. The van der Waals surface area contributed by atoms with E-state index in [4.69, 9.17) is 5.26 Å². The second-order valence-electron chi connectivity index (χ2n) is 3.36. The molecule has 0 saturated carbocycles. The van der Waals surface area contributed by atoms with Crippen molar-refractivity contribution in [1.82, 2.24) is 10.3 Å². The first kappa shape index (κ1) is 12.5. The summed E-state index contributed by atoms with van der Waals surface area (Å²) in [6, 6.07) is 1.96. The van der Waals surface area contributed by atoms with Gasteiger partial charge >= 0.3 is 4.87 Å². The monoisotopic (exact) mass is 239 g/mol. The Morgan fingerprint density at radius 3 is 3.00 bits per heavy atom. The number of aromatic amines is 1. The molecular formula is C10H13N3O2S. The highest BCUT2D eigenvalue weighted by molar-refractivity contribution is 7.07. The van der Waals surface area contributed by atoms with Gasteiger partial charge in [0, 0.05) is 11.1 Å². The lowest BCUT2D eigenvalue weighted by atomic mass is 10.1. The lowest BCUT2D eigenvalue weighted by Crippen LogP contribution is -2.29. The van der Waals surface area contributed by atoms with E-state index in [9.17, 15) is 9.59 Å². The Labute approximate surface area is 97.1 Å². The topological polar surface area (TPSA) is 85.8 Å². The van der Waals surface area contributed by atoms with Crippen LogP contribution in [-0.2, 0) is 11.3 Å². The molecular weight excluding hydrogens is 226 g/mol. The molecule has 1 aromatic heterocycles. The van der Waals surface area contributed by atoms with Gasteiger partial charge in [-0.2, -0.15) is 5.26 Å². The van der Waals surface area contributed by atoms with E-state index >= 15 is 0 Å². The highest BCUT2D eigenvalue weighted by Gasteiger charge is 2.16. The van der Waals surface area contributed by atoms with Crippen molar-refractivity contribution in [2.45, 2.75) is 26.3 Å². The number of hydrogen-bond donors (Lipinski definition) is 2. The van der Waals surface area contributed by atoms with Crippen LogP contribution < -0.4 is 10.2 Å². The van der Waals surface area contributed by atoms with Crippen molar-refractivity contribution in [3.63, 3.8) is 0 Å². The zero-order valence-electron chi connectivity index (χ0n) is 8.95. The van der Waals surface area contributed by atoms with Crippen molar-refractivity contribution < 1.29 is 4.79 Å². The van der Waals surface area contributed by atoms with Gasteiger partial charge in [0.05, 0.1) is 12.6 Å². The molecule has 1 aromatic rings. The Balaban J connectivity index is 2.46. The van der Waals surface area contributed by atoms with Gasteiger partial charge in [0.2, 0.25) is 5.91 Å². The maximum absolute atomic E-state index is 11.5. The van der Waals surface area contributed by atoms with Crippen LogP contribution in [0.3, 0.4) is 0 Å². The number of rotatable bonds is 5. The van der Waals surface area contributed by atoms with Crippen LogP contribution in [0.2, 0.25) is 0 Å². The number of aromatic nitrogens is 1. The summed E-state index contributed by atoms with van der Waals surface area (Å²) in [7, 11) is 0. The summed E-state index contributed by atoms with van der Waals surface area (Å²) in [5.74, 6) is -0.883. The van der Waals surface area contributed by atoms with E-state index < -0.39 is 5.92 Å². The fourth-order valence-corrected chi connectivity index (χ4v) is 1.83. The number of H-pyrrole nitrogens is 1. The van der Waals surface area contributed by atoms with E-state index in [0.29, 0.717) is 12.1 Å². The van der Waals surface area contributed by atoms with Crippen LogP contribution in [0.5, 0.6) is 0 Å². The third-order valence-electron chi connectivity index (χ3n) is 2.07. The zero-order chi connectivity index (χ0) is 12.0. The first-order chi connectivity index (χ1) is 7.67. The van der Waals surface area contributed by atoms with Crippen LogP contribution in [0.25, 0.3) is 0 Å². The number of carbonyl (C=O) groups is 1. The number of nitrogens with one attached hydrogen (secondary N) is 2. The summed E-state index contributed by atoms with van der Waals surface area (Å²) in [5, 5.41) is 13.0.